The lowest BCUT2D eigenvalue weighted by Gasteiger charge is -2.14. The fraction of sp³-hybridized carbons (Fsp3) is 0.250. The van der Waals surface area contributed by atoms with E-state index >= 15 is 0 Å². The van der Waals surface area contributed by atoms with Gasteiger partial charge in [0.05, 0.1) is 4.47 Å². The van der Waals surface area contributed by atoms with E-state index in [9.17, 15) is 19.5 Å². The van der Waals surface area contributed by atoms with Crippen LogP contribution in [-0.2, 0) is 9.59 Å². The molecular weight excluding hydrogens is 332 g/mol. The quantitative estimate of drug-likeness (QED) is 0.600. The molecule has 1 aromatic rings. The van der Waals surface area contributed by atoms with E-state index < -0.39 is 23.8 Å². The summed E-state index contributed by atoms with van der Waals surface area (Å²) in [6, 6.07) is 2.86. The van der Waals surface area contributed by atoms with Crippen LogP contribution in [0.15, 0.2) is 22.7 Å². The Hall–Kier alpha value is -2.09. The number of aliphatic carboxylic acids is 1. The van der Waals surface area contributed by atoms with Gasteiger partial charge in [0, 0.05) is 12.0 Å². The van der Waals surface area contributed by atoms with Gasteiger partial charge in [-0.1, -0.05) is 0 Å². The predicted molar refractivity (Wildman–Crippen MR) is 73.1 cm³/mol. The first-order valence-corrected chi connectivity index (χ1v) is 6.41. The van der Waals surface area contributed by atoms with Crippen molar-refractivity contribution in [3.05, 3.63) is 28.2 Å². The molecule has 0 aromatic heterocycles. The van der Waals surface area contributed by atoms with Gasteiger partial charge in [0.2, 0.25) is 5.91 Å². The van der Waals surface area contributed by atoms with Gasteiger partial charge in [-0.15, -0.1) is 0 Å². The first-order chi connectivity index (χ1) is 9.31. The van der Waals surface area contributed by atoms with Crippen molar-refractivity contribution in [2.24, 2.45) is 5.73 Å². The average Bonchev–Trinajstić information content (AvgIpc) is 2.36. The molecule has 8 heteroatoms. The lowest BCUT2D eigenvalue weighted by Crippen LogP contribution is -2.41. The minimum Gasteiger partial charge on any atom is -0.507 e. The number of rotatable bonds is 6. The molecule has 0 aliphatic carbocycles. The number of amides is 2. The van der Waals surface area contributed by atoms with Gasteiger partial charge in [-0.2, -0.15) is 0 Å². The summed E-state index contributed by atoms with van der Waals surface area (Å²) in [7, 11) is 0. The molecule has 1 aromatic carbocycles. The fourth-order valence-electron chi connectivity index (χ4n) is 1.44. The Morgan fingerprint density at radius 2 is 2.00 bits per heavy atom. The molecule has 0 saturated heterocycles. The van der Waals surface area contributed by atoms with Gasteiger partial charge >= 0.3 is 5.97 Å². The summed E-state index contributed by atoms with van der Waals surface area (Å²) in [5.41, 5.74) is 5.04. The zero-order valence-corrected chi connectivity index (χ0v) is 11.9. The van der Waals surface area contributed by atoms with E-state index in [0.29, 0.717) is 4.47 Å². The number of aromatic hydroxyl groups is 1. The topological polar surface area (TPSA) is 130 Å². The second-order valence-corrected chi connectivity index (χ2v) is 4.89. The molecule has 108 valence electrons. The van der Waals surface area contributed by atoms with E-state index in [4.69, 9.17) is 10.8 Å². The van der Waals surface area contributed by atoms with Crippen LogP contribution in [0.4, 0.5) is 0 Å². The van der Waals surface area contributed by atoms with E-state index in [1.807, 2.05) is 0 Å². The largest absolute Gasteiger partial charge is 0.507 e. The zero-order chi connectivity index (χ0) is 15.3. The summed E-state index contributed by atoms with van der Waals surface area (Å²) in [5, 5.41) is 20.7. The Balaban J connectivity index is 2.77. The molecule has 0 fully saturated rings. The van der Waals surface area contributed by atoms with Gasteiger partial charge in [-0.3, -0.25) is 9.59 Å². The summed E-state index contributed by atoms with van der Waals surface area (Å²) < 4.78 is 0.414. The van der Waals surface area contributed by atoms with Crippen LogP contribution in [0.25, 0.3) is 0 Å². The van der Waals surface area contributed by atoms with Crippen LogP contribution < -0.4 is 11.1 Å². The van der Waals surface area contributed by atoms with E-state index in [-0.39, 0.29) is 24.2 Å². The number of phenolic OH excluding ortho intramolecular Hbond substituents is 1. The van der Waals surface area contributed by atoms with E-state index in [2.05, 4.69) is 21.2 Å². The lowest BCUT2D eigenvalue weighted by molar-refractivity contribution is -0.139. The van der Waals surface area contributed by atoms with Crippen LogP contribution in [0.5, 0.6) is 5.75 Å². The van der Waals surface area contributed by atoms with E-state index in [1.165, 1.54) is 18.2 Å². The van der Waals surface area contributed by atoms with Crippen LogP contribution in [0.3, 0.4) is 0 Å². The maximum absolute atomic E-state index is 11.9. The Bertz CT molecular complexity index is 547. The summed E-state index contributed by atoms with van der Waals surface area (Å²) in [6.45, 7) is 0. The van der Waals surface area contributed by atoms with Gasteiger partial charge in [0.1, 0.15) is 11.8 Å². The third-order valence-corrected chi connectivity index (χ3v) is 3.16. The molecule has 0 aliphatic heterocycles. The number of carbonyl (C=O) groups excluding carboxylic acids is 2. The molecule has 1 rings (SSSR count). The van der Waals surface area contributed by atoms with Crippen molar-refractivity contribution in [2.75, 3.05) is 0 Å². The zero-order valence-electron chi connectivity index (χ0n) is 10.3. The second-order valence-electron chi connectivity index (χ2n) is 4.04. The van der Waals surface area contributed by atoms with Crippen LogP contribution in [0, 0.1) is 0 Å². The van der Waals surface area contributed by atoms with Crippen molar-refractivity contribution in [2.45, 2.75) is 18.9 Å². The lowest BCUT2D eigenvalue weighted by atomic mass is 10.1. The number of phenols is 1. The molecule has 0 bridgehead atoms. The number of benzene rings is 1. The molecule has 0 heterocycles. The first kappa shape index (κ1) is 16.0. The number of primary amides is 1. The average molecular weight is 345 g/mol. The number of nitrogens with two attached hydrogens (primary N) is 1. The number of hydrogen-bond acceptors (Lipinski definition) is 4. The summed E-state index contributed by atoms with van der Waals surface area (Å²) in [5.74, 6) is -2.71. The van der Waals surface area contributed by atoms with Crippen molar-refractivity contribution in [3.8, 4) is 5.75 Å². The highest BCUT2D eigenvalue weighted by Gasteiger charge is 2.21. The van der Waals surface area contributed by atoms with Crippen molar-refractivity contribution in [3.63, 3.8) is 0 Å². The Morgan fingerprint density at radius 1 is 1.35 bits per heavy atom. The summed E-state index contributed by atoms with van der Waals surface area (Å²) in [6.07, 6.45) is -0.248. The molecule has 20 heavy (non-hydrogen) atoms. The monoisotopic (exact) mass is 344 g/mol. The van der Waals surface area contributed by atoms with E-state index in [0.717, 1.165) is 0 Å². The summed E-state index contributed by atoms with van der Waals surface area (Å²) in [4.78, 5) is 33.5. The predicted octanol–water partition coefficient (Wildman–Crippen LogP) is 0.603. The molecule has 5 N–H and O–H groups in total. The molecular formula is C12H13BrN2O5. The summed E-state index contributed by atoms with van der Waals surface area (Å²) >= 11 is 3.07. The number of carbonyl (C=O) groups is 3. The molecule has 1 unspecified atom stereocenters. The van der Waals surface area contributed by atoms with Crippen LogP contribution >= 0.6 is 15.9 Å². The highest BCUT2D eigenvalue weighted by Crippen LogP contribution is 2.24. The maximum Gasteiger partial charge on any atom is 0.326 e. The molecule has 0 saturated carbocycles. The van der Waals surface area contributed by atoms with Gasteiger partial charge in [0.25, 0.3) is 5.91 Å². The molecule has 0 radical (unpaired) electrons. The number of hydrogen-bond donors (Lipinski definition) is 4. The van der Waals surface area contributed by atoms with Crippen LogP contribution in [0.2, 0.25) is 0 Å². The second kappa shape index (κ2) is 6.90. The Labute approximate surface area is 122 Å². The number of halogens is 1. The van der Waals surface area contributed by atoms with Crippen LogP contribution in [-0.4, -0.2) is 34.0 Å². The van der Waals surface area contributed by atoms with E-state index in [1.54, 1.807) is 0 Å². The maximum atomic E-state index is 11.9. The van der Waals surface area contributed by atoms with Gasteiger partial charge in [-0.05, 0) is 40.5 Å². The first-order valence-electron chi connectivity index (χ1n) is 5.61. The third kappa shape index (κ3) is 4.54. The highest BCUT2D eigenvalue weighted by molar-refractivity contribution is 9.10. The van der Waals surface area contributed by atoms with Crippen LogP contribution in [0.1, 0.15) is 23.2 Å². The van der Waals surface area contributed by atoms with Gasteiger partial charge in [0.15, 0.2) is 0 Å². The van der Waals surface area contributed by atoms with Crippen molar-refractivity contribution < 1.29 is 24.6 Å². The van der Waals surface area contributed by atoms with Gasteiger partial charge in [-0.25, -0.2) is 4.79 Å². The molecule has 1 atom stereocenters. The minimum atomic E-state index is -1.26. The number of carboxylic acids is 1. The minimum absolute atomic E-state index is 0.0983. The van der Waals surface area contributed by atoms with Crippen molar-refractivity contribution in [1.82, 2.24) is 5.32 Å². The highest BCUT2D eigenvalue weighted by atomic mass is 79.9. The number of nitrogens with one attached hydrogen (secondary N) is 1. The third-order valence-electron chi connectivity index (χ3n) is 2.49. The Morgan fingerprint density at radius 3 is 2.50 bits per heavy atom. The smallest absolute Gasteiger partial charge is 0.326 e. The molecule has 0 aliphatic rings. The van der Waals surface area contributed by atoms with Crippen molar-refractivity contribution in [1.29, 1.82) is 0 Å². The SMILES string of the molecule is NC(=O)CCC(NC(=O)c1ccc(Br)c(O)c1)C(=O)O. The number of carboxylic acid groups (broad SMARTS) is 1. The molecule has 2 amide bonds. The normalized spacial score (nSPS) is 11.7. The Kier molecular flexibility index (Phi) is 5.51. The van der Waals surface area contributed by atoms with Crippen molar-refractivity contribution >= 4 is 33.7 Å². The van der Waals surface area contributed by atoms with Gasteiger partial charge < -0.3 is 21.3 Å². The molecule has 7 nitrogen and oxygen atoms in total. The molecule has 0 spiro atoms. The standard InChI is InChI=1S/C12H13BrN2O5/c13-7-2-1-6(5-9(7)16)11(18)15-8(12(19)20)3-4-10(14)17/h1-2,5,8,16H,3-4H2,(H2,14,17)(H,15,18)(H,19,20). The fourth-order valence-corrected chi connectivity index (χ4v) is 1.69.